The second-order valence-electron chi connectivity index (χ2n) is 3.87. The summed E-state index contributed by atoms with van der Waals surface area (Å²) in [6.45, 7) is 6.52. The minimum atomic E-state index is 0.667. The normalized spacial score (nSPS) is 32.2. The molecule has 0 saturated carbocycles. The van der Waals surface area contributed by atoms with Crippen molar-refractivity contribution in [2.45, 2.75) is 19.4 Å². The monoisotopic (exact) mass is 171 g/mol. The molecule has 0 aromatic heterocycles. The first-order chi connectivity index (χ1) is 5.76. The van der Waals surface area contributed by atoms with Crippen LogP contribution in [0.3, 0.4) is 0 Å². The average Bonchev–Trinajstić information content (AvgIpc) is 2.04. The molecule has 0 aliphatic carbocycles. The van der Waals surface area contributed by atoms with Gasteiger partial charge in [0.25, 0.3) is 0 Å². The lowest BCUT2D eigenvalue weighted by atomic mass is 9.96. The maximum atomic E-state index is 5.53. The lowest BCUT2D eigenvalue weighted by molar-refractivity contribution is 0.157. The van der Waals surface area contributed by atoms with Gasteiger partial charge in [0.15, 0.2) is 0 Å². The van der Waals surface area contributed by atoms with Gasteiger partial charge >= 0.3 is 0 Å². The number of likely N-dealkylation sites (N-methyl/N-ethyl adjacent to an activating group) is 1. The number of rotatable bonds is 3. The molecule has 1 saturated heterocycles. The summed E-state index contributed by atoms with van der Waals surface area (Å²) < 4.78 is 0. The van der Waals surface area contributed by atoms with Crippen LogP contribution < -0.4 is 11.1 Å². The van der Waals surface area contributed by atoms with Crippen molar-refractivity contribution in [2.75, 3.05) is 33.2 Å². The molecule has 0 bridgehead atoms. The summed E-state index contributed by atoms with van der Waals surface area (Å²) >= 11 is 0. The molecular formula is C9H21N3. The second-order valence-corrected chi connectivity index (χ2v) is 3.87. The van der Waals surface area contributed by atoms with Crippen LogP contribution in [0.1, 0.15) is 13.3 Å². The number of hydrogen-bond donors (Lipinski definition) is 2. The lowest BCUT2D eigenvalue weighted by Crippen LogP contribution is -2.48. The van der Waals surface area contributed by atoms with Gasteiger partial charge in [-0.3, -0.25) is 0 Å². The zero-order valence-corrected chi connectivity index (χ0v) is 8.21. The van der Waals surface area contributed by atoms with Crippen molar-refractivity contribution in [1.82, 2.24) is 10.2 Å². The fraction of sp³-hybridized carbons (Fsp3) is 1.00. The minimum absolute atomic E-state index is 0.667. The summed E-state index contributed by atoms with van der Waals surface area (Å²) in [5.41, 5.74) is 5.53. The Morgan fingerprint density at radius 2 is 2.25 bits per heavy atom. The fourth-order valence-electron chi connectivity index (χ4n) is 2.04. The van der Waals surface area contributed by atoms with Crippen LogP contribution in [0.25, 0.3) is 0 Å². The molecule has 1 aliphatic heterocycles. The Morgan fingerprint density at radius 1 is 1.50 bits per heavy atom. The molecule has 72 valence electrons. The van der Waals surface area contributed by atoms with Gasteiger partial charge in [-0.05, 0) is 19.4 Å². The Hall–Kier alpha value is -0.120. The van der Waals surface area contributed by atoms with Crippen molar-refractivity contribution < 1.29 is 0 Å². The minimum Gasteiger partial charge on any atom is -0.329 e. The van der Waals surface area contributed by atoms with Gasteiger partial charge in [-0.2, -0.15) is 0 Å². The fourth-order valence-corrected chi connectivity index (χ4v) is 2.04. The van der Waals surface area contributed by atoms with E-state index in [1.165, 1.54) is 13.0 Å². The lowest BCUT2D eigenvalue weighted by Gasteiger charge is -2.36. The van der Waals surface area contributed by atoms with E-state index in [1.807, 2.05) is 7.05 Å². The van der Waals surface area contributed by atoms with Gasteiger partial charge in [0.2, 0.25) is 0 Å². The molecule has 1 heterocycles. The third-order valence-corrected chi connectivity index (χ3v) is 2.59. The maximum Gasteiger partial charge on any atom is 0.0195 e. The number of hydrogen-bond acceptors (Lipinski definition) is 3. The molecule has 3 heteroatoms. The van der Waals surface area contributed by atoms with E-state index in [-0.39, 0.29) is 0 Å². The molecule has 2 unspecified atom stereocenters. The van der Waals surface area contributed by atoms with Crippen molar-refractivity contribution in [3.8, 4) is 0 Å². The molecule has 3 N–H and O–H groups in total. The van der Waals surface area contributed by atoms with E-state index in [9.17, 15) is 0 Å². The van der Waals surface area contributed by atoms with Gasteiger partial charge in [0.1, 0.15) is 0 Å². The van der Waals surface area contributed by atoms with Crippen LogP contribution in [0, 0.1) is 5.92 Å². The van der Waals surface area contributed by atoms with Gasteiger partial charge < -0.3 is 16.0 Å². The molecule has 3 nitrogen and oxygen atoms in total. The topological polar surface area (TPSA) is 41.3 Å². The highest BCUT2D eigenvalue weighted by Crippen LogP contribution is 2.15. The van der Waals surface area contributed by atoms with Crippen molar-refractivity contribution in [3.63, 3.8) is 0 Å². The summed E-state index contributed by atoms with van der Waals surface area (Å²) in [5.74, 6) is 0.808. The maximum absolute atomic E-state index is 5.53. The van der Waals surface area contributed by atoms with E-state index >= 15 is 0 Å². The molecule has 0 aromatic rings. The van der Waals surface area contributed by atoms with Crippen molar-refractivity contribution in [1.29, 1.82) is 0 Å². The summed E-state index contributed by atoms with van der Waals surface area (Å²) in [6.07, 6.45) is 1.30. The molecule has 0 amide bonds. The van der Waals surface area contributed by atoms with Gasteiger partial charge in [-0.15, -0.1) is 0 Å². The molecular weight excluding hydrogens is 150 g/mol. The first-order valence-electron chi connectivity index (χ1n) is 4.86. The van der Waals surface area contributed by atoms with E-state index in [1.54, 1.807) is 0 Å². The number of piperidine rings is 1. The van der Waals surface area contributed by atoms with Crippen LogP contribution in [-0.4, -0.2) is 44.2 Å². The Morgan fingerprint density at radius 3 is 2.83 bits per heavy atom. The molecule has 0 spiro atoms. The molecule has 2 atom stereocenters. The zero-order valence-electron chi connectivity index (χ0n) is 8.21. The smallest absolute Gasteiger partial charge is 0.0195 e. The number of likely N-dealkylation sites (tertiary alicyclic amines) is 1. The quantitative estimate of drug-likeness (QED) is 0.622. The average molecular weight is 171 g/mol. The first kappa shape index (κ1) is 9.96. The van der Waals surface area contributed by atoms with Crippen LogP contribution in [0.5, 0.6) is 0 Å². The number of nitrogens with one attached hydrogen (secondary N) is 1. The Bertz CT molecular complexity index is 127. The van der Waals surface area contributed by atoms with E-state index in [2.05, 4.69) is 17.1 Å². The Balaban J connectivity index is 2.34. The van der Waals surface area contributed by atoms with Crippen molar-refractivity contribution >= 4 is 0 Å². The molecule has 12 heavy (non-hydrogen) atoms. The third-order valence-electron chi connectivity index (χ3n) is 2.59. The van der Waals surface area contributed by atoms with E-state index in [0.717, 1.165) is 25.6 Å². The van der Waals surface area contributed by atoms with Crippen molar-refractivity contribution in [2.24, 2.45) is 11.7 Å². The van der Waals surface area contributed by atoms with Crippen LogP contribution in [-0.2, 0) is 0 Å². The van der Waals surface area contributed by atoms with Gasteiger partial charge in [0.05, 0.1) is 0 Å². The summed E-state index contributed by atoms with van der Waals surface area (Å²) in [5, 5.41) is 3.34. The van der Waals surface area contributed by atoms with Crippen molar-refractivity contribution in [3.05, 3.63) is 0 Å². The predicted octanol–water partition coefficient (Wildman–Crippen LogP) is -0.125. The molecule has 1 fully saturated rings. The number of nitrogens with two attached hydrogens (primary N) is 1. The van der Waals surface area contributed by atoms with Gasteiger partial charge in [-0.25, -0.2) is 0 Å². The van der Waals surface area contributed by atoms with Gasteiger partial charge in [0, 0.05) is 32.2 Å². The molecule has 0 radical (unpaired) electrons. The zero-order chi connectivity index (χ0) is 8.97. The van der Waals surface area contributed by atoms with Crippen LogP contribution in [0.15, 0.2) is 0 Å². The number of nitrogens with zero attached hydrogens (tertiary/aromatic N) is 1. The molecule has 1 aliphatic rings. The van der Waals surface area contributed by atoms with Crippen LogP contribution in [0.4, 0.5) is 0 Å². The standard InChI is InChI=1S/C9H21N3/c1-8-5-9(11-2)7-12(6-8)4-3-10/h8-9,11H,3-7,10H2,1-2H3. The highest BCUT2D eigenvalue weighted by atomic mass is 15.2. The third kappa shape index (κ3) is 2.73. The van der Waals surface area contributed by atoms with E-state index in [0.29, 0.717) is 6.04 Å². The van der Waals surface area contributed by atoms with Gasteiger partial charge in [-0.1, -0.05) is 6.92 Å². The summed E-state index contributed by atoms with van der Waals surface area (Å²) in [4.78, 5) is 2.45. The summed E-state index contributed by atoms with van der Waals surface area (Å²) in [6, 6.07) is 0.667. The van der Waals surface area contributed by atoms with E-state index in [4.69, 9.17) is 5.73 Å². The Kier molecular flexibility index (Phi) is 3.98. The van der Waals surface area contributed by atoms with Crippen LogP contribution >= 0.6 is 0 Å². The first-order valence-corrected chi connectivity index (χ1v) is 4.86. The van der Waals surface area contributed by atoms with Crippen LogP contribution in [0.2, 0.25) is 0 Å². The Labute approximate surface area is 75.3 Å². The molecule has 1 rings (SSSR count). The molecule has 0 aromatic carbocycles. The summed E-state index contributed by atoms with van der Waals surface area (Å²) in [7, 11) is 2.04. The highest BCUT2D eigenvalue weighted by molar-refractivity contribution is 4.80. The largest absolute Gasteiger partial charge is 0.329 e. The highest BCUT2D eigenvalue weighted by Gasteiger charge is 2.22. The predicted molar refractivity (Wildman–Crippen MR) is 52.1 cm³/mol. The van der Waals surface area contributed by atoms with E-state index < -0.39 is 0 Å². The SMILES string of the molecule is CNC1CC(C)CN(CCN)C1. The second kappa shape index (κ2) is 4.80.